The first-order valence-corrected chi connectivity index (χ1v) is 11.1. The van der Waals surface area contributed by atoms with Gasteiger partial charge in [-0.15, -0.1) is 0 Å². The lowest BCUT2D eigenvalue weighted by molar-refractivity contribution is 0.0756. The third-order valence-electron chi connectivity index (χ3n) is 5.45. The van der Waals surface area contributed by atoms with Gasteiger partial charge in [0, 0.05) is 41.1 Å². The van der Waals surface area contributed by atoms with Gasteiger partial charge in [-0.3, -0.25) is 4.79 Å². The molecule has 0 bridgehead atoms. The Bertz CT molecular complexity index is 1280. The Kier molecular flexibility index (Phi) is 6.79. The fourth-order valence-corrected chi connectivity index (χ4v) is 3.83. The van der Waals surface area contributed by atoms with Crippen molar-refractivity contribution in [2.75, 3.05) is 27.4 Å². The quantitative estimate of drug-likeness (QED) is 0.355. The van der Waals surface area contributed by atoms with Gasteiger partial charge in [0.15, 0.2) is 0 Å². The second-order valence-corrected chi connectivity index (χ2v) is 8.04. The number of nitrogens with zero attached hydrogens (tertiary/aromatic N) is 1. The highest BCUT2D eigenvalue weighted by molar-refractivity contribution is 6.13. The van der Waals surface area contributed by atoms with E-state index in [4.69, 9.17) is 19.2 Å². The average molecular weight is 448 g/mol. The Labute approximate surface area is 193 Å². The topological polar surface area (TPSA) is 85.5 Å². The molecule has 0 saturated carbocycles. The van der Waals surface area contributed by atoms with Crippen molar-refractivity contribution in [3.8, 4) is 22.8 Å². The van der Waals surface area contributed by atoms with Gasteiger partial charge in [0.2, 0.25) is 0 Å². The van der Waals surface area contributed by atoms with Crippen LogP contribution < -0.4 is 14.8 Å². The number of carbonyl (C=O) groups is 1. The summed E-state index contributed by atoms with van der Waals surface area (Å²) >= 11 is 0. The van der Waals surface area contributed by atoms with Crippen LogP contribution in [0.1, 0.15) is 30.8 Å². The van der Waals surface area contributed by atoms with E-state index in [1.165, 1.54) is 0 Å². The molecular formula is C26H29N3O4. The zero-order chi connectivity index (χ0) is 23.4. The Balaban J connectivity index is 1.77. The highest BCUT2D eigenvalue weighted by Gasteiger charge is 2.19. The van der Waals surface area contributed by atoms with Crippen LogP contribution in [0.15, 0.2) is 48.5 Å². The molecular weight excluding hydrogens is 418 g/mol. The molecule has 1 amide bonds. The van der Waals surface area contributed by atoms with E-state index < -0.39 is 0 Å². The van der Waals surface area contributed by atoms with Crippen molar-refractivity contribution in [1.29, 1.82) is 0 Å². The van der Waals surface area contributed by atoms with E-state index in [1.807, 2.05) is 62.4 Å². The highest BCUT2D eigenvalue weighted by Crippen LogP contribution is 2.38. The van der Waals surface area contributed by atoms with Gasteiger partial charge in [-0.1, -0.05) is 18.2 Å². The van der Waals surface area contributed by atoms with Crippen molar-refractivity contribution in [2.24, 2.45) is 0 Å². The second-order valence-electron chi connectivity index (χ2n) is 8.04. The zero-order valence-corrected chi connectivity index (χ0v) is 19.4. The van der Waals surface area contributed by atoms with Crippen LogP contribution in [0.25, 0.3) is 33.1 Å². The van der Waals surface area contributed by atoms with Crippen molar-refractivity contribution in [2.45, 2.75) is 26.4 Å². The van der Waals surface area contributed by atoms with Crippen LogP contribution in [0.2, 0.25) is 0 Å². The average Bonchev–Trinajstić information content (AvgIpc) is 3.21. The number of amides is 1. The highest BCUT2D eigenvalue weighted by atomic mass is 16.5. The lowest BCUT2D eigenvalue weighted by atomic mass is 10.0. The van der Waals surface area contributed by atoms with Crippen LogP contribution >= 0.6 is 0 Å². The fraction of sp³-hybridized carbons (Fsp3) is 0.308. The number of fused-ring (bicyclic) bond motifs is 3. The lowest BCUT2D eigenvalue weighted by Gasteiger charge is -2.13. The number of pyridine rings is 1. The Morgan fingerprint density at radius 3 is 2.64 bits per heavy atom. The number of hydrogen-bond acceptors (Lipinski definition) is 5. The zero-order valence-electron chi connectivity index (χ0n) is 19.4. The number of aromatic amines is 1. The summed E-state index contributed by atoms with van der Waals surface area (Å²) in [6, 6.07) is 15.4. The van der Waals surface area contributed by atoms with Crippen LogP contribution in [-0.2, 0) is 4.74 Å². The van der Waals surface area contributed by atoms with Gasteiger partial charge in [0.25, 0.3) is 5.91 Å². The molecule has 2 N–H and O–H groups in total. The molecule has 0 atom stereocenters. The summed E-state index contributed by atoms with van der Waals surface area (Å²) in [6.07, 6.45) is 0.909. The second kappa shape index (κ2) is 9.92. The lowest BCUT2D eigenvalue weighted by Crippen LogP contribution is -2.26. The Morgan fingerprint density at radius 2 is 1.88 bits per heavy atom. The normalized spacial score (nSPS) is 11.3. The fourth-order valence-electron chi connectivity index (χ4n) is 3.83. The predicted octanol–water partition coefficient (Wildman–Crippen LogP) is 4.95. The number of H-pyrrole nitrogens is 1. The molecule has 4 rings (SSSR count). The van der Waals surface area contributed by atoms with Crippen molar-refractivity contribution in [3.63, 3.8) is 0 Å². The monoisotopic (exact) mass is 447 g/mol. The molecule has 0 spiro atoms. The van der Waals surface area contributed by atoms with Gasteiger partial charge in [-0.2, -0.15) is 0 Å². The third kappa shape index (κ3) is 4.78. The number of hydrogen-bond donors (Lipinski definition) is 2. The maximum absolute atomic E-state index is 13.0. The SMILES string of the molecule is COc1ccc(-c2nc(C(=O)NCCCOC(C)C)cc3c2[nH]c2ccccc23)c(OC)c1. The van der Waals surface area contributed by atoms with Crippen LogP contribution in [-0.4, -0.2) is 49.4 Å². The van der Waals surface area contributed by atoms with Gasteiger partial charge >= 0.3 is 0 Å². The third-order valence-corrected chi connectivity index (χ3v) is 5.45. The molecule has 0 radical (unpaired) electrons. The molecule has 0 saturated heterocycles. The van der Waals surface area contributed by atoms with Crippen molar-refractivity contribution >= 4 is 27.7 Å². The van der Waals surface area contributed by atoms with E-state index in [-0.39, 0.29) is 12.0 Å². The van der Waals surface area contributed by atoms with E-state index in [1.54, 1.807) is 14.2 Å². The molecule has 0 fully saturated rings. The van der Waals surface area contributed by atoms with Crippen LogP contribution in [0.4, 0.5) is 0 Å². The number of para-hydroxylation sites is 1. The minimum Gasteiger partial charge on any atom is -0.497 e. The number of carbonyl (C=O) groups excluding carboxylic acids is 1. The van der Waals surface area contributed by atoms with Gasteiger partial charge in [-0.05, 0) is 44.5 Å². The number of aromatic nitrogens is 2. The maximum atomic E-state index is 13.0. The smallest absolute Gasteiger partial charge is 0.269 e. The van der Waals surface area contributed by atoms with Crippen molar-refractivity contribution in [3.05, 3.63) is 54.2 Å². The summed E-state index contributed by atoms with van der Waals surface area (Å²) in [5.74, 6) is 1.08. The summed E-state index contributed by atoms with van der Waals surface area (Å²) < 4.78 is 16.5. The molecule has 2 heterocycles. The molecule has 7 nitrogen and oxygen atoms in total. The Hall–Kier alpha value is -3.58. The molecule has 2 aromatic heterocycles. The van der Waals surface area contributed by atoms with Crippen molar-refractivity contribution in [1.82, 2.24) is 15.3 Å². The summed E-state index contributed by atoms with van der Waals surface area (Å²) in [7, 11) is 3.22. The summed E-state index contributed by atoms with van der Waals surface area (Å²) in [4.78, 5) is 21.2. The van der Waals surface area contributed by atoms with Gasteiger partial charge in [0.1, 0.15) is 17.2 Å². The molecule has 0 aliphatic rings. The van der Waals surface area contributed by atoms with Crippen LogP contribution in [0, 0.1) is 0 Å². The number of rotatable bonds is 9. The first kappa shape index (κ1) is 22.6. The predicted molar refractivity (Wildman–Crippen MR) is 130 cm³/mol. The summed E-state index contributed by atoms with van der Waals surface area (Å²) in [5.41, 5.74) is 3.60. The molecule has 172 valence electrons. The minimum atomic E-state index is -0.222. The first-order chi connectivity index (χ1) is 16.0. The van der Waals surface area contributed by atoms with Gasteiger partial charge < -0.3 is 24.5 Å². The molecule has 7 heteroatoms. The first-order valence-electron chi connectivity index (χ1n) is 11.1. The molecule has 0 aliphatic heterocycles. The van der Waals surface area contributed by atoms with Gasteiger partial charge in [0.05, 0.1) is 31.5 Å². The molecule has 0 unspecified atom stereocenters. The maximum Gasteiger partial charge on any atom is 0.269 e. The van der Waals surface area contributed by atoms with E-state index in [9.17, 15) is 4.79 Å². The largest absolute Gasteiger partial charge is 0.497 e. The van der Waals surface area contributed by atoms with Gasteiger partial charge in [-0.25, -0.2) is 4.98 Å². The number of benzene rings is 2. The summed E-state index contributed by atoms with van der Waals surface area (Å²) in [6.45, 7) is 5.10. The van der Waals surface area contributed by atoms with E-state index in [2.05, 4.69) is 10.3 Å². The number of nitrogens with one attached hydrogen (secondary N) is 2. The van der Waals surface area contributed by atoms with E-state index in [0.29, 0.717) is 36.0 Å². The standard InChI is InChI=1S/C26H29N3O4/c1-16(2)33-13-7-12-27-26(30)22-15-20-18-8-5-6-9-21(18)28-25(20)24(29-22)19-11-10-17(31-3)14-23(19)32-4/h5-6,8-11,14-16,28H,7,12-13H2,1-4H3,(H,27,30). The van der Waals surface area contributed by atoms with E-state index in [0.717, 1.165) is 33.8 Å². The van der Waals surface area contributed by atoms with Crippen molar-refractivity contribution < 1.29 is 19.0 Å². The van der Waals surface area contributed by atoms with Crippen LogP contribution in [0.3, 0.4) is 0 Å². The van der Waals surface area contributed by atoms with Crippen LogP contribution in [0.5, 0.6) is 11.5 Å². The minimum absolute atomic E-state index is 0.175. The Morgan fingerprint density at radius 1 is 1.06 bits per heavy atom. The number of ether oxygens (including phenoxy) is 3. The molecule has 0 aliphatic carbocycles. The molecule has 2 aromatic carbocycles. The number of methoxy groups -OCH3 is 2. The van der Waals surface area contributed by atoms with E-state index >= 15 is 0 Å². The summed E-state index contributed by atoms with van der Waals surface area (Å²) in [5, 5.41) is 4.92. The molecule has 33 heavy (non-hydrogen) atoms. The molecule has 4 aromatic rings.